The van der Waals surface area contributed by atoms with Crippen molar-refractivity contribution in [3.05, 3.63) is 12.2 Å². The van der Waals surface area contributed by atoms with Crippen LogP contribution in [0.1, 0.15) is 148 Å². The normalized spacial score (nSPS) is 28.2. The van der Waals surface area contributed by atoms with Gasteiger partial charge in [0, 0.05) is 31.8 Å². The Kier molecular flexibility index (Phi) is 18.2. The minimum atomic E-state index is -2.19. The van der Waals surface area contributed by atoms with Crippen LogP contribution >= 0.6 is 0 Å². The predicted octanol–water partition coefficient (Wildman–Crippen LogP) is 11.9. The van der Waals surface area contributed by atoms with Gasteiger partial charge in [0.1, 0.15) is 11.9 Å². The fourth-order valence-electron chi connectivity index (χ4n) is 7.53. The molecule has 7 nitrogen and oxygen atoms in total. The van der Waals surface area contributed by atoms with E-state index in [9.17, 15) is 9.59 Å². The van der Waals surface area contributed by atoms with Crippen molar-refractivity contribution >= 4 is 28.2 Å². The van der Waals surface area contributed by atoms with Crippen LogP contribution in [0.5, 0.6) is 0 Å². The van der Waals surface area contributed by atoms with E-state index in [4.69, 9.17) is 23.1 Å². The van der Waals surface area contributed by atoms with Gasteiger partial charge in [-0.25, -0.2) is 0 Å². The monoisotopic (exact) mass is 795 g/mol. The average Bonchev–Trinajstić information content (AvgIpc) is 3.05. The highest BCUT2D eigenvalue weighted by molar-refractivity contribution is 6.74. The van der Waals surface area contributed by atoms with Gasteiger partial charge in [0.25, 0.3) is 0 Å². The molecular formula is C45H86O7Si2. The van der Waals surface area contributed by atoms with Crippen LogP contribution < -0.4 is 0 Å². The first-order valence-electron chi connectivity index (χ1n) is 21.5. The zero-order valence-electron chi connectivity index (χ0n) is 38.5. The third kappa shape index (κ3) is 13.4. The molecule has 0 saturated carbocycles. The summed E-state index contributed by atoms with van der Waals surface area (Å²) in [5.41, 5.74) is 0. The van der Waals surface area contributed by atoms with Crippen LogP contribution in [0.3, 0.4) is 0 Å². The van der Waals surface area contributed by atoms with Crippen molar-refractivity contribution in [1.82, 2.24) is 0 Å². The van der Waals surface area contributed by atoms with E-state index in [1.54, 1.807) is 20.1 Å². The van der Waals surface area contributed by atoms with Gasteiger partial charge in [-0.1, -0.05) is 90.0 Å². The lowest BCUT2D eigenvalue weighted by Gasteiger charge is -2.51. The molecule has 2 fully saturated rings. The third-order valence-electron chi connectivity index (χ3n) is 14.1. The fraction of sp³-hybridized carbons (Fsp3) is 0.911. The summed E-state index contributed by atoms with van der Waals surface area (Å²) in [6.07, 6.45) is 10.6. The molecular weight excluding hydrogens is 709 g/mol. The van der Waals surface area contributed by atoms with Gasteiger partial charge in [-0.05, 0) is 118 Å². The molecule has 1 spiro atoms. The highest BCUT2D eigenvalue weighted by Gasteiger charge is 2.48. The van der Waals surface area contributed by atoms with Crippen LogP contribution in [-0.2, 0) is 32.7 Å². The highest BCUT2D eigenvalue weighted by Crippen LogP contribution is 2.46. The number of carbonyl (C=O) groups is 2. The Balaban J connectivity index is 2.27. The van der Waals surface area contributed by atoms with E-state index in [1.165, 1.54) is 0 Å². The summed E-state index contributed by atoms with van der Waals surface area (Å²) >= 11 is 0. The van der Waals surface area contributed by atoms with Gasteiger partial charge in [-0.15, -0.1) is 0 Å². The van der Waals surface area contributed by atoms with Crippen LogP contribution in [0, 0.1) is 35.5 Å². The molecule has 0 aromatic rings. The SMILES string of the molecule is CO[C@@H](/C=C/C(=O)[C@@H](C)[C@H](CC[C@@H](C)[C@@H]1O[C@]2(CC[C@@H](C)[C@H](CC[C@H](C)C(C)=O)O2)CC[C@@H]1C)O[Si](C)(C)C(C)(C)C)[C@H](O[Si](C)(C)C(C)(C)C)C(C)C. The first kappa shape index (κ1) is 49.5. The Morgan fingerprint density at radius 3 is 1.85 bits per heavy atom. The van der Waals surface area contributed by atoms with E-state index in [0.717, 1.165) is 51.4 Å². The summed E-state index contributed by atoms with van der Waals surface area (Å²) in [5.74, 6) is 0.891. The van der Waals surface area contributed by atoms with Gasteiger partial charge >= 0.3 is 0 Å². The molecule has 0 aromatic carbocycles. The zero-order chi connectivity index (χ0) is 41.6. The van der Waals surface area contributed by atoms with Crippen LogP contribution in [0.4, 0.5) is 0 Å². The van der Waals surface area contributed by atoms with Gasteiger partial charge in [-0.2, -0.15) is 0 Å². The summed E-state index contributed by atoms with van der Waals surface area (Å²) in [7, 11) is -2.54. The predicted molar refractivity (Wildman–Crippen MR) is 230 cm³/mol. The molecule has 0 radical (unpaired) electrons. The van der Waals surface area contributed by atoms with Crippen LogP contribution in [0.2, 0.25) is 36.3 Å². The molecule has 0 N–H and O–H groups in total. The van der Waals surface area contributed by atoms with E-state index in [-0.39, 0.29) is 75.8 Å². The number of ketones is 2. The van der Waals surface area contributed by atoms with Crippen molar-refractivity contribution in [2.45, 2.75) is 221 Å². The Labute approximate surface area is 335 Å². The maximum Gasteiger partial charge on any atom is 0.192 e. The van der Waals surface area contributed by atoms with Gasteiger partial charge < -0.3 is 23.1 Å². The summed E-state index contributed by atoms with van der Waals surface area (Å²) in [4.78, 5) is 26.0. The first-order chi connectivity index (χ1) is 24.6. The molecule has 2 aliphatic rings. The first-order valence-corrected chi connectivity index (χ1v) is 27.4. The van der Waals surface area contributed by atoms with E-state index < -0.39 is 22.4 Å². The molecule has 11 atom stereocenters. The third-order valence-corrected chi connectivity index (χ3v) is 23.1. The maximum atomic E-state index is 14.1. The maximum absolute atomic E-state index is 14.1. The van der Waals surface area contributed by atoms with E-state index in [2.05, 4.69) is 102 Å². The molecule has 0 unspecified atom stereocenters. The van der Waals surface area contributed by atoms with Gasteiger partial charge in [-0.3, -0.25) is 9.59 Å². The Morgan fingerprint density at radius 2 is 1.35 bits per heavy atom. The highest BCUT2D eigenvalue weighted by atomic mass is 28.4. The smallest absolute Gasteiger partial charge is 0.192 e. The number of ether oxygens (including phenoxy) is 3. The average molecular weight is 795 g/mol. The fourth-order valence-corrected chi connectivity index (χ4v) is 10.4. The Hall–Kier alpha value is -0.686. The molecule has 0 bridgehead atoms. The van der Waals surface area contributed by atoms with Crippen molar-refractivity contribution in [2.24, 2.45) is 35.5 Å². The number of hydrogen-bond acceptors (Lipinski definition) is 7. The van der Waals surface area contributed by atoms with Gasteiger partial charge in [0.05, 0.1) is 24.4 Å². The number of rotatable bonds is 19. The molecule has 54 heavy (non-hydrogen) atoms. The number of methoxy groups -OCH3 is 1. The van der Waals surface area contributed by atoms with Crippen LogP contribution in [-0.4, -0.2) is 71.6 Å². The van der Waals surface area contributed by atoms with E-state index in [1.807, 2.05) is 19.9 Å². The minimum absolute atomic E-state index is 0.0176. The molecule has 0 amide bonds. The second-order valence-electron chi connectivity index (χ2n) is 21.1. The summed E-state index contributed by atoms with van der Waals surface area (Å²) < 4.78 is 33.9. The van der Waals surface area contributed by atoms with Crippen LogP contribution in [0.15, 0.2) is 12.2 Å². The molecule has 2 heterocycles. The molecule has 0 aliphatic carbocycles. The lowest BCUT2D eigenvalue weighted by Crippen LogP contribution is -2.53. The summed E-state index contributed by atoms with van der Waals surface area (Å²) in [6, 6.07) is 0. The lowest BCUT2D eigenvalue weighted by atomic mass is 9.79. The number of hydrogen-bond donors (Lipinski definition) is 0. The van der Waals surface area contributed by atoms with Gasteiger partial charge in [0.15, 0.2) is 28.2 Å². The molecule has 2 rings (SSSR count). The van der Waals surface area contributed by atoms with Crippen molar-refractivity contribution < 1.29 is 32.7 Å². The van der Waals surface area contributed by atoms with Crippen molar-refractivity contribution in [3.63, 3.8) is 0 Å². The topological polar surface area (TPSA) is 80.3 Å². The minimum Gasteiger partial charge on any atom is -0.413 e. The standard InChI is InChI=1S/C45H86O7Si2/c1-30(2)41(52-54(18,19)44(12,13)14)40(48-15)25-22-37(47)35(7)39(51-53(16,17)43(9,10)11)24-21-33(5)42-34(6)27-29-45(50-42)28-26-32(4)38(49-45)23-20-31(3)36(8)46/h22,25,30-35,38-42H,20-21,23-24,26-29H2,1-19H3/b25-22+/t31-,32+,33+,34-,35+,38-,39-,40-,41+,42-,45+/m0/s1. The van der Waals surface area contributed by atoms with E-state index in [0.29, 0.717) is 11.8 Å². The Morgan fingerprint density at radius 1 is 0.815 bits per heavy atom. The number of Topliss-reactive ketones (excluding diaryl/α,β-unsaturated/α-hetero) is 1. The lowest BCUT2D eigenvalue weighted by molar-refractivity contribution is -0.338. The Bertz CT molecular complexity index is 1210. The molecule has 9 heteroatoms. The molecule has 2 aliphatic heterocycles. The van der Waals surface area contributed by atoms with Crippen LogP contribution in [0.25, 0.3) is 0 Å². The van der Waals surface area contributed by atoms with Crippen molar-refractivity contribution in [2.75, 3.05) is 7.11 Å². The van der Waals surface area contributed by atoms with E-state index >= 15 is 0 Å². The summed E-state index contributed by atoms with van der Waals surface area (Å²) in [5, 5.41) is 0.0862. The second kappa shape index (κ2) is 19.8. The second-order valence-corrected chi connectivity index (χ2v) is 30.6. The zero-order valence-corrected chi connectivity index (χ0v) is 40.5. The quantitative estimate of drug-likeness (QED) is 0.0951. The molecule has 2 saturated heterocycles. The van der Waals surface area contributed by atoms with Crippen molar-refractivity contribution in [1.29, 1.82) is 0 Å². The van der Waals surface area contributed by atoms with Gasteiger partial charge in [0.2, 0.25) is 0 Å². The number of allylic oxidation sites excluding steroid dienone is 1. The van der Waals surface area contributed by atoms with Crippen molar-refractivity contribution in [3.8, 4) is 0 Å². The largest absolute Gasteiger partial charge is 0.413 e. The number of carbonyl (C=O) groups excluding carboxylic acids is 2. The molecule has 0 aromatic heterocycles. The summed E-state index contributed by atoms with van der Waals surface area (Å²) in [6.45, 7) is 39.7. The molecule has 316 valence electrons.